The monoisotopic (exact) mass is 582 g/mol. The second kappa shape index (κ2) is 12.0. The number of benzene rings is 3. The minimum absolute atomic E-state index is 0.386. The highest BCUT2D eigenvalue weighted by Crippen LogP contribution is 2.48. The lowest BCUT2D eigenvalue weighted by atomic mass is 9.75. The standard InChI is InChI=1S/C33H43IO/c1-10-11-12-24-14-16-25(17-15-24)31-26(20(2)3)19-27(21(4)5)32(29(31)22(6)7)30-23(8)13-18-28(35-9)33(30)34/h13-22H,10-12H2,1-9H3. The Bertz CT molecular complexity index is 1150. The minimum Gasteiger partial charge on any atom is -0.496 e. The molecule has 0 N–H and O–H groups in total. The van der Waals surface area contributed by atoms with Crippen molar-refractivity contribution >= 4 is 22.6 Å². The highest BCUT2D eigenvalue weighted by Gasteiger charge is 2.27. The number of hydrogen-bond donors (Lipinski definition) is 0. The van der Waals surface area contributed by atoms with Gasteiger partial charge in [0.1, 0.15) is 5.75 Å². The first-order valence-corrected chi connectivity index (χ1v) is 14.3. The van der Waals surface area contributed by atoms with Crippen molar-refractivity contribution in [2.45, 2.75) is 92.4 Å². The van der Waals surface area contributed by atoms with Crippen molar-refractivity contribution in [3.63, 3.8) is 0 Å². The molecule has 0 fully saturated rings. The maximum absolute atomic E-state index is 5.78. The van der Waals surface area contributed by atoms with Crippen molar-refractivity contribution in [2.24, 2.45) is 0 Å². The molecule has 35 heavy (non-hydrogen) atoms. The van der Waals surface area contributed by atoms with E-state index in [2.05, 4.69) is 120 Å². The average molecular weight is 583 g/mol. The van der Waals surface area contributed by atoms with Gasteiger partial charge in [-0.1, -0.05) is 91.3 Å². The molecule has 0 amide bonds. The molecule has 0 unspecified atom stereocenters. The van der Waals surface area contributed by atoms with Crippen molar-refractivity contribution in [2.75, 3.05) is 7.11 Å². The number of unbranched alkanes of at least 4 members (excludes halogenated alkanes) is 1. The van der Waals surface area contributed by atoms with Gasteiger partial charge in [0.05, 0.1) is 10.7 Å². The number of aryl methyl sites for hydroxylation is 2. The molecule has 0 atom stereocenters. The third-order valence-electron chi connectivity index (χ3n) is 7.09. The van der Waals surface area contributed by atoms with E-state index in [0.29, 0.717) is 17.8 Å². The zero-order chi connectivity index (χ0) is 25.9. The molecule has 3 rings (SSSR count). The van der Waals surface area contributed by atoms with Gasteiger partial charge in [-0.05, 0) is 111 Å². The summed E-state index contributed by atoms with van der Waals surface area (Å²) in [5.41, 5.74) is 12.6. The first-order valence-electron chi connectivity index (χ1n) is 13.3. The van der Waals surface area contributed by atoms with Gasteiger partial charge in [-0.2, -0.15) is 0 Å². The van der Waals surface area contributed by atoms with Crippen LogP contribution in [0.25, 0.3) is 22.3 Å². The molecular formula is C33H43IO. The second-order valence-electron chi connectivity index (χ2n) is 10.8. The van der Waals surface area contributed by atoms with E-state index in [-0.39, 0.29) is 0 Å². The van der Waals surface area contributed by atoms with E-state index >= 15 is 0 Å². The number of hydrogen-bond acceptors (Lipinski definition) is 1. The number of methoxy groups -OCH3 is 1. The largest absolute Gasteiger partial charge is 0.496 e. The van der Waals surface area contributed by atoms with E-state index in [1.54, 1.807) is 7.11 Å². The van der Waals surface area contributed by atoms with Crippen molar-refractivity contribution in [1.29, 1.82) is 0 Å². The topological polar surface area (TPSA) is 9.23 Å². The Labute approximate surface area is 227 Å². The van der Waals surface area contributed by atoms with Crippen LogP contribution in [-0.4, -0.2) is 7.11 Å². The molecule has 0 aromatic heterocycles. The van der Waals surface area contributed by atoms with Crippen molar-refractivity contribution in [3.8, 4) is 28.0 Å². The van der Waals surface area contributed by atoms with Crippen LogP contribution in [0.15, 0.2) is 42.5 Å². The lowest BCUT2D eigenvalue weighted by molar-refractivity contribution is 0.412. The molecule has 0 aliphatic rings. The summed E-state index contributed by atoms with van der Waals surface area (Å²) in [6, 6.07) is 16.2. The molecule has 0 spiro atoms. The van der Waals surface area contributed by atoms with Gasteiger partial charge in [-0.15, -0.1) is 0 Å². The summed E-state index contributed by atoms with van der Waals surface area (Å²) in [5, 5.41) is 0. The van der Waals surface area contributed by atoms with E-state index in [9.17, 15) is 0 Å². The van der Waals surface area contributed by atoms with E-state index < -0.39 is 0 Å². The van der Waals surface area contributed by atoms with Crippen molar-refractivity contribution < 1.29 is 4.74 Å². The number of ether oxygens (including phenoxy) is 1. The predicted molar refractivity (Wildman–Crippen MR) is 162 cm³/mol. The van der Waals surface area contributed by atoms with Crippen LogP contribution in [0.2, 0.25) is 0 Å². The fraction of sp³-hybridized carbons (Fsp3) is 0.455. The van der Waals surface area contributed by atoms with Crippen LogP contribution >= 0.6 is 22.6 Å². The van der Waals surface area contributed by atoms with E-state index in [0.717, 1.165) is 12.2 Å². The van der Waals surface area contributed by atoms with Crippen LogP contribution in [0, 0.1) is 10.5 Å². The Balaban J connectivity index is 2.45. The minimum atomic E-state index is 0.386. The molecule has 0 bridgehead atoms. The van der Waals surface area contributed by atoms with Crippen molar-refractivity contribution in [1.82, 2.24) is 0 Å². The van der Waals surface area contributed by atoms with Gasteiger partial charge in [0.15, 0.2) is 0 Å². The van der Waals surface area contributed by atoms with Crippen LogP contribution in [0.5, 0.6) is 5.75 Å². The average Bonchev–Trinajstić information content (AvgIpc) is 2.82. The molecule has 0 saturated carbocycles. The summed E-state index contributed by atoms with van der Waals surface area (Å²) in [6.07, 6.45) is 3.63. The molecule has 0 aliphatic heterocycles. The first kappa shape index (κ1) is 27.8. The fourth-order valence-electron chi connectivity index (χ4n) is 5.17. The van der Waals surface area contributed by atoms with E-state index in [1.165, 1.54) is 66.5 Å². The highest BCUT2D eigenvalue weighted by atomic mass is 127. The van der Waals surface area contributed by atoms with E-state index in [1.807, 2.05) is 0 Å². The Morgan fingerprint density at radius 3 is 1.89 bits per heavy atom. The lowest BCUT2D eigenvalue weighted by Gasteiger charge is -2.29. The summed E-state index contributed by atoms with van der Waals surface area (Å²) in [4.78, 5) is 0. The van der Waals surface area contributed by atoms with E-state index in [4.69, 9.17) is 4.74 Å². The quantitative estimate of drug-likeness (QED) is 0.228. The highest BCUT2D eigenvalue weighted by molar-refractivity contribution is 14.1. The lowest BCUT2D eigenvalue weighted by Crippen LogP contribution is -2.09. The Hall–Kier alpha value is -1.81. The smallest absolute Gasteiger partial charge is 0.132 e. The SMILES string of the molecule is CCCCc1ccc(-c2c(C(C)C)cc(C(C)C)c(-c3c(C)ccc(OC)c3I)c2C(C)C)cc1. The predicted octanol–water partition coefficient (Wildman–Crippen LogP) is 10.7. The summed E-state index contributed by atoms with van der Waals surface area (Å²) in [6.45, 7) is 18.5. The first-order chi connectivity index (χ1) is 16.6. The maximum Gasteiger partial charge on any atom is 0.132 e. The molecule has 1 nitrogen and oxygen atoms in total. The van der Waals surface area contributed by atoms with Gasteiger partial charge < -0.3 is 4.74 Å². The third-order valence-corrected chi connectivity index (χ3v) is 8.17. The summed E-state index contributed by atoms with van der Waals surface area (Å²) >= 11 is 2.49. The van der Waals surface area contributed by atoms with Crippen LogP contribution in [-0.2, 0) is 6.42 Å². The normalized spacial score (nSPS) is 11.7. The maximum atomic E-state index is 5.78. The number of rotatable bonds is 9. The molecule has 188 valence electrons. The van der Waals surface area contributed by atoms with Crippen LogP contribution < -0.4 is 4.74 Å². The molecular weight excluding hydrogens is 539 g/mol. The Kier molecular flexibility index (Phi) is 9.48. The Morgan fingerprint density at radius 1 is 0.771 bits per heavy atom. The molecule has 0 heterocycles. The summed E-state index contributed by atoms with van der Waals surface area (Å²) in [5.74, 6) is 2.20. The molecule has 3 aromatic rings. The van der Waals surface area contributed by atoms with Crippen LogP contribution in [0.3, 0.4) is 0 Å². The third kappa shape index (κ3) is 5.79. The molecule has 0 radical (unpaired) electrons. The molecule has 3 aromatic carbocycles. The molecule has 0 aliphatic carbocycles. The molecule has 2 heteroatoms. The Morgan fingerprint density at radius 2 is 1.37 bits per heavy atom. The van der Waals surface area contributed by atoms with Crippen LogP contribution in [0.4, 0.5) is 0 Å². The van der Waals surface area contributed by atoms with Gasteiger partial charge in [-0.25, -0.2) is 0 Å². The number of halogens is 1. The fourth-order valence-corrected chi connectivity index (χ4v) is 6.27. The molecule has 0 saturated heterocycles. The zero-order valence-corrected chi connectivity index (χ0v) is 25.3. The summed E-state index contributed by atoms with van der Waals surface area (Å²) < 4.78 is 6.98. The van der Waals surface area contributed by atoms with Gasteiger partial charge in [0.2, 0.25) is 0 Å². The zero-order valence-electron chi connectivity index (χ0n) is 23.2. The van der Waals surface area contributed by atoms with Crippen molar-refractivity contribution in [3.05, 3.63) is 73.9 Å². The van der Waals surface area contributed by atoms with Gasteiger partial charge >= 0.3 is 0 Å². The summed E-state index contributed by atoms with van der Waals surface area (Å²) in [7, 11) is 1.77. The van der Waals surface area contributed by atoms with Gasteiger partial charge in [0.25, 0.3) is 0 Å². The van der Waals surface area contributed by atoms with Gasteiger partial charge in [0, 0.05) is 5.56 Å². The van der Waals surface area contributed by atoms with Gasteiger partial charge in [-0.3, -0.25) is 0 Å². The second-order valence-corrected chi connectivity index (χ2v) is 11.8. The van der Waals surface area contributed by atoms with Crippen LogP contribution in [0.1, 0.15) is 107 Å².